The van der Waals surface area contributed by atoms with Crippen molar-refractivity contribution in [3.63, 3.8) is 0 Å². The number of hydrogen-bond acceptors (Lipinski definition) is 4. The number of aryl methyl sites for hydroxylation is 1. The highest BCUT2D eigenvalue weighted by Crippen LogP contribution is 2.12. The highest BCUT2D eigenvalue weighted by Gasteiger charge is 2.00. The van der Waals surface area contributed by atoms with Crippen molar-refractivity contribution < 1.29 is 4.74 Å². The fourth-order valence-electron chi connectivity index (χ4n) is 3.00. The largest absolute Gasteiger partial charge is 0.494 e. The smallest absolute Gasteiger partial charge is 0.272 e. The van der Waals surface area contributed by atoms with Gasteiger partial charge in [0.2, 0.25) is 0 Å². The van der Waals surface area contributed by atoms with Crippen LogP contribution in [-0.2, 0) is 0 Å². The van der Waals surface area contributed by atoms with Gasteiger partial charge in [-0.05, 0) is 68.4 Å². The van der Waals surface area contributed by atoms with Crippen LogP contribution in [0.1, 0.15) is 23.1 Å². The van der Waals surface area contributed by atoms with Crippen LogP contribution in [0.15, 0.2) is 58.1 Å². The second-order valence-electron chi connectivity index (χ2n) is 7.46. The Balaban J connectivity index is 1.81. The van der Waals surface area contributed by atoms with Gasteiger partial charge in [0.1, 0.15) is 16.4 Å². The minimum Gasteiger partial charge on any atom is -0.494 e. The number of nitrogens with zero attached hydrogens (tertiary/aromatic N) is 1. The summed E-state index contributed by atoms with van der Waals surface area (Å²) in [6.07, 6.45) is 4.28. The molecule has 6 heteroatoms. The normalized spacial score (nSPS) is 12.5. The van der Waals surface area contributed by atoms with Gasteiger partial charge in [-0.15, -0.1) is 0 Å². The van der Waals surface area contributed by atoms with E-state index in [1.807, 2.05) is 69.6 Å². The number of ether oxygens (including phenoxy) is 1. The van der Waals surface area contributed by atoms with Crippen LogP contribution in [0.2, 0.25) is 0 Å². The fourth-order valence-corrected chi connectivity index (χ4v) is 3.00. The minimum absolute atomic E-state index is 0.210. The molecule has 3 aromatic rings. The van der Waals surface area contributed by atoms with Gasteiger partial charge < -0.3 is 19.6 Å². The lowest BCUT2D eigenvalue weighted by Crippen LogP contribution is -2.46. The highest BCUT2D eigenvalue weighted by molar-refractivity contribution is 5.52. The predicted octanol–water partition coefficient (Wildman–Crippen LogP) is 1.36. The Bertz CT molecular complexity index is 1220. The number of benzene rings is 2. The van der Waals surface area contributed by atoms with E-state index in [2.05, 4.69) is 14.9 Å². The minimum atomic E-state index is -0.349. The quantitative estimate of drug-likeness (QED) is 0.582. The second kappa shape index (κ2) is 9.89. The van der Waals surface area contributed by atoms with Crippen molar-refractivity contribution in [3.05, 3.63) is 96.6 Å². The molecule has 0 fully saturated rings. The van der Waals surface area contributed by atoms with E-state index >= 15 is 0 Å². The molecule has 2 N–H and O–H groups in total. The third kappa shape index (κ3) is 5.81. The summed E-state index contributed by atoms with van der Waals surface area (Å²) in [6.45, 7) is 3.57. The Morgan fingerprint density at radius 1 is 0.900 bits per heavy atom. The lowest BCUT2D eigenvalue weighted by Gasteiger charge is -2.10. The number of rotatable bonds is 7. The zero-order valence-electron chi connectivity index (χ0n) is 17.6. The highest BCUT2D eigenvalue weighted by atomic mass is 16.5. The van der Waals surface area contributed by atoms with Gasteiger partial charge in [-0.25, -0.2) is 0 Å². The van der Waals surface area contributed by atoms with Crippen molar-refractivity contribution in [2.75, 3.05) is 27.2 Å². The summed E-state index contributed by atoms with van der Waals surface area (Å²) in [7, 11) is 4.06. The Morgan fingerprint density at radius 2 is 1.53 bits per heavy atom. The first-order valence-corrected chi connectivity index (χ1v) is 9.92. The van der Waals surface area contributed by atoms with Crippen LogP contribution in [0.5, 0.6) is 5.75 Å². The number of aromatic nitrogens is 2. The molecule has 0 bridgehead atoms. The summed E-state index contributed by atoms with van der Waals surface area (Å²) < 4.78 is 5.72. The van der Waals surface area contributed by atoms with Crippen molar-refractivity contribution in [2.45, 2.75) is 13.3 Å². The van der Waals surface area contributed by atoms with Gasteiger partial charge >= 0.3 is 0 Å². The van der Waals surface area contributed by atoms with E-state index in [1.165, 1.54) is 0 Å². The first-order valence-electron chi connectivity index (χ1n) is 9.92. The summed E-state index contributed by atoms with van der Waals surface area (Å²) in [4.78, 5) is 32.4. The molecule has 3 rings (SSSR count). The maximum absolute atomic E-state index is 12.5. The molecule has 0 atom stereocenters. The molecule has 0 aliphatic carbocycles. The van der Waals surface area contributed by atoms with Crippen molar-refractivity contribution in [1.29, 1.82) is 0 Å². The van der Waals surface area contributed by atoms with E-state index in [9.17, 15) is 9.59 Å². The van der Waals surface area contributed by atoms with Crippen LogP contribution >= 0.6 is 0 Å². The van der Waals surface area contributed by atoms with Crippen LogP contribution < -0.4 is 26.6 Å². The molecule has 0 radical (unpaired) electrons. The molecule has 2 aromatic carbocycles. The van der Waals surface area contributed by atoms with E-state index in [4.69, 9.17) is 4.74 Å². The molecule has 156 valence electrons. The third-order valence-corrected chi connectivity index (χ3v) is 4.68. The van der Waals surface area contributed by atoms with Gasteiger partial charge in [-0.2, -0.15) is 0 Å². The second-order valence-corrected chi connectivity index (χ2v) is 7.46. The van der Waals surface area contributed by atoms with Gasteiger partial charge in [0.05, 0.1) is 6.61 Å². The van der Waals surface area contributed by atoms with E-state index in [0.717, 1.165) is 35.4 Å². The molecule has 0 aliphatic heterocycles. The number of aromatic amines is 2. The van der Waals surface area contributed by atoms with Gasteiger partial charge in [-0.1, -0.05) is 36.4 Å². The first-order chi connectivity index (χ1) is 14.4. The van der Waals surface area contributed by atoms with Crippen molar-refractivity contribution in [2.24, 2.45) is 0 Å². The van der Waals surface area contributed by atoms with Crippen LogP contribution in [0.25, 0.3) is 12.2 Å². The summed E-state index contributed by atoms with van der Waals surface area (Å²) in [5.41, 5.74) is 2.02. The number of H-pyrrole nitrogens is 2. The van der Waals surface area contributed by atoms with E-state index in [0.29, 0.717) is 6.61 Å². The lowest BCUT2D eigenvalue weighted by atomic mass is 10.1. The number of nitrogens with one attached hydrogen (secondary N) is 2. The maximum atomic E-state index is 12.5. The Hall–Kier alpha value is -3.38. The first kappa shape index (κ1) is 21.3. The van der Waals surface area contributed by atoms with Gasteiger partial charge in [0.15, 0.2) is 0 Å². The topological polar surface area (TPSA) is 78.2 Å². The summed E-state index contributed by atoms with van der Waals surface area (Å²) in [5, 5.41) is 0.439. The van der Waals surface area contributed by atoms with Crippen molar-refractivity contribution in [3.8, 4) is 5.75 Å². The Morgan fingerprint density at radius 3 is 2.17 bits per heavy atom. The fraction of sp³-hybridized carbons (Fsp3) is 0.250. The molecule has 0 spiro atoms. The average Bonchev–Trinajstić information content (AvgIpc) is 2.71. The molecule has 0 saturated carbocycles. The lowest BCUT2D eigenvalue weighted by molar-refractivity contribution is 0.281. The Labute approximate surface area is 175 Å². The van der Waals surface area contributed by atoms with E-state index in [-0.39, 0.29) is 21.8 Å². The molecular formula is C24H27N3O3. The zero-order valence-corrected chi connectivity index (χ0v) is 17.6. The average molecular weight is 405 g/mol. The van der Waals surface area contributed by atoms with Crippen LogP contribution in [-0.4, -0.2) is 42.1 Å². The Kier molecular flexibility index (Phi) is 7.03. The van der Waals surface area contributed by atoms with Gasteiger partial charge in [0, 0.05) is 6.54 Å². The van der Waals surface area contributed by atoms with E-state index < -0.39 is 0 Å². The SMILES string of the molecule is Cc1ccccc1C=c1[nH]c(=O)c(=Cc2ccc(OCCCN(C)C)cc2)[nH]c1=O. The number of hydrogen-bond donors (Lipinski definition) is 2. The van der Waals surface area contributed by atoms with Crippen LogP contribution in [0, 0.1) is 6.92 Å². The van der Waals surface area contributed by atoms with Crippen molar-refractivity contribution in [1.82, 2.24) is 14.9 Å². The van der Waals surface area contributed by atoms with Crippen LogP contribution in [0.4, 0.5) is 0 Å². The van der Waals surface area contributed by atoms with Gasteiger partial charge in [0.25, 0.3) is 11.1 Å². The molecule has 0 amide bonds. The molecule has 1 aromatic heterocycles. The van der Waals surface area contributed by atoms with E-state index in [1.54, 1.807) is 12.2 Å². The summed E-state index contributed by atoms with van der Waals surface area (Å²) in [6, 6.07) is 15.1. The molecule has 0 unspecified atom stereocenters. The third-order valence-electron chi connectivity index (χ3n) is 4.68. The molecule has 0 saturated heterocycles. The predicted molar refractivity (Wildman–Crippen MR) is 120 cm³/mol. The molecule has 0 aliphatic rings. The van der Waals surface area contributed by atoms with Gasteiger partial charge in [-0.3, -0.25) is 9.59 Å². The zero-order chi connectivity index (χ0) is 21.5. The molecule has 1 heterocycles. The molecule has 30 heavy (non-hydrogen) atoms. The van der Waals surface area contributed by atoms with Crippen molar-refractivity contribution >= 4 is 12.2 Å². The summed E-state index contributed by atoms with van der Waals surface area (Å²) in [5.74, 6) is 0.775. The van der Waals surface area contributed by atoms with Crippen LogP contribution in [0.3, 0.4) is 0 Å². The molecule has 6 nitrogen and oxygen atoms in total. The molecular weight excluding hydrogens is 378 g/mol. The monoisotopic (exact) mass is 405 g/mol. The maximum Gasteiger partial charge on any atom is 0.272 e. The summed E-state index contributed by atoms with van der Waals surface area (Å²) >= 11 is 0. The standard InChI is InChI=1S/C24H27N3O3/c1-17-7-4-5-8-19(17)16-22-24(29)25-21(23(28)26-22)15-18-9-11-20(12-10-18)30-14-6-13-27(2)3/h4-5,7-12,15-16H,6,13-14H2,1-3H3,(H,25,29)(H,26,28).